The Hall–Kier alpha value is -1.59. The van der Waals surface area contributed by atoms with Crippen LogP contribution in [0, 0.1) is 0 Å². The van der Waals surface area contributed by atoms with Crippen LogP contribution in [0.1, 0.15) is 6.92 Å². The maximum atomic E-state index is 10.1. The summed E-state index contributed by atoms with van der Waals surface area (Å²) < 4.78 is 8.05. The van der Waals surface area contributed by atoms with Gasteiger partial charge in [0.15, 0.2) is 0 Å². The van der Waals surface area contributed by atoms with E-state index in [9.17, 15) is 14.4 Å². The summed E-state index contributed by atoms with van der Waals surface area (Å²) in [5.74, 6) is -3.83. The molecular weight excluding hydrogens is 156 g/mol. The van der Waals surface area contributed by atoms with Crippen molar-refractivity contribution in [2.75, 3.05) is 6.79 Å². The number of rotatable bonds is 2. The van der Waals surface area contributed by atoms with E-state index in [0.717, 1.165) is 6.92 Å². The van der Waals surface area contributed by atoms with Gasteiger partial charge in [0.25, 0.3) is 0 Å². The van der Waals surface area contributed by atoms with Crippen molar-refractivity contribution in [3.63, 3.8) is 0 Å². The first-order chi connectivity index (χ1) is 5.04. The Bertz CT molecular complexity index is 183. The molecule has 0 aromatic heterocycles. The monoisotopic (exact) mass is 162 g/mol. The van der Waals surface area contributed by atoms with Gasteiger partial charge in [0.1, 0.15) is 0 Å². The van der Waals surface area contributed by atoms with E-state index in [0.29, 0.717) is 0 Å². The highest BCUT2D eigenvalue weighted by molar-refractivity contribution is 6.28. The van der Waals surface area contributed by atoms with E-state index < -0.39 is 24.7 Å². The Morgan fingerprint density at radius 3 is 2.18 bits per heavy atom. The quantitative estimate of drug-likeness (QED) is 0.322. The third kappa shape index (κ3) is 4.89. The maximum Gasteiger partial charge on any atom is 0.420 e. The van der Waals surface area contributed by atoms with Gasteiger partial charge in [-0.1, -0.05) is 0 Å². The first kappa shape index (κ1) is 9.41. The fourth-order valence-electron chi connectivity index (χ4n) is 0.228. The van der Waals surface area contributed by atoms with Crippen molar-refractivity contribution >= 4 is 17.9 Å². The van der Waals surface area contributed by atoms with Crippen LogP contribution in [0.3, 0.4) is 0 Å². The molecule has 0 amide bonds. The van der Waals surface area contributed by atoms with Crippen LogP contribution in [0.2, 0.25) is 0 Å². The van der Waals surface area contributed by atoms with Gasteiger partial charge in [0.2, 0.25) is 6.79 Å². The minimum atomic E-state index is -1.72. The van der Waals surface area contributed by atoms with Crippen LogP contribution in [-0.2, 0) is 23.9 Å². The van der Waals surface area contributed by atoms with Crippen molar-refractivity contribution in [1.82, 2.24) is 0 Å². The van der Waals surface area contributed by atoms with Crippen LogP contribution in [-0.4, -0.2) is 29.8 Å². The average molecular weight is 162 g/mol. The largest absolute Gasteiger partial charge is 0.473 e. The van der Waals surface area contributed by atoms with Crippen LogP contribution < -0.4 is 0 Å². The molecule has 0 radical (unpaired) electrons. The molecule has 0 bridgehead atoms. The van der Waals surface area contributed by atoms with Gasteiger partial charge in [-0.15, -0.1) is 0 Å². The average Bonchev–Trinajstić information content (AvgIpc) is 1.86. The molecule has 0 aliphatic carbocycles. The zero-order chi connectivity index (χ0) is 8.85. The van der Waals surface area contributed by atoms with Gasteiger partial charge in [-0.05, 0) is 0 Å². The van der Waals surface area contributed by atoms with Gasteiger partial charge < -0.3 is 14.6 Å². The van der Waals surface area contributed by atoms with E-state index in [1.165, 1.54) is 0 Å². The summed E-state index contributed by atoms with van der Waals surface area (Å²) in [6.07, 6.45) is 0. The molecule has 0 aromatic carbocycles. The number of carboxylic acid groups (broad SMARTS) is 1. The summed E-state index contributed by atoms with van der Waals surface area (Å²) >= 11 is 0. The Morgan fingerprint density at radius 1 is 1.27 bits per heavy atom. The molecule has 6 nitrogen and oxygen atoms in total. The Morgan fingerprint density at radius 2 is 1.82 bits per heavy atom. The summed E-state index contributed by atoms with van der Waals surface area (Å²) in [7, 11) is 0. The second-order valence-corrected chi connectivity index (χ2v) is 1.49. The predicted molar refractivity (Wildman–Crippen MR) is 30.4 cm³/mol. The Kier molecular flexibility index (Phi) is 3.65. The molecule has 0 fully saturated rings. The van der Waals surface area contributed by atoms with E-state index in [1.54, 1.807) is 0 Å². The zero-order valence-corrected chi connectivity index (χ0v) is 5.70. The number of carbonyl (C=O) groups excluding carboxylic acids is 2. The molecule has 0 saturated carbocycles. The minimum absolute atomic E-state index is 0.650. The van der Waals surface area contributed by atoms with Crippen molar-refractivity contribution in [3.05, 3.63) is 0 Å². The number of hydrogen-bond acceptors (Lipinski definition) is 5. The van der Waals surface area contributed by atoms with Crippen molar-refractivity contribution in [2.24, 2.45) is 0 Å². The van der Waals surface area contributed by atoms with E-state index in [2.05, 4.69) is 9.47 Å². The van der Waals surface area contributed by atoms with Gasteiger partial charge >= 0.3 is 17.9 Å². The van der Waals surface area contributed by atoms with Gasteiger partial charge in [0, 0.05) is 6.92 Å². The van der Waals surface area contributed by atoms with Crippen LogP contribution in [0.15, 0.2) is 0 Å². The van der Waals surface area contributed by atoms with Gasteiger partial charge in [-0.25, -0.2) is 9.59 Å². The van der Waals surface area contributed by atoms with Gasteiger partial charge in [0.05, 0.1) is 0 Å². The van der Waals surface area contributed by atoms with E-state index in [-0.39, 0.29) is 0 Å². The number of esters is 2. The van der Waals surface area contributed by atoms with Crippen molar-refractivity contribution in [2.45, 2.75) is 6.92 Å². The lowest BCUT2D eigenvalue weighted by Crippen LogP contribution is -2.18. The summed E-state index contributed by atoms with van der Waals surface area (Å²) in [6, 6.07) is 0. The van der Waals surface area contributed by atoms with Crippen LogP contribution in [0.5, 0.6) is 0 Å². The molecule has 0 aromatic rings. The van der Waals surface area contributed by atoms with Crippen molar-refractivity contribution in [1.29, 1.82) is 0 Å². The number of carbonyl (C=O) groups is 3. The zero-order valence-electron chi connectivity index (χ0n) is 5.70. The van der Waals surface area contributed by atoms with Crippen LogP contribution in [0.4, 0.5) is 0 Å². The van der Waals surface area contributed by atoms with E-state index in [4.69, 9.17) is 5.11 Å². The normalized spacial score (nSPS) is 8.45. The number of ether oxygens (including phenoxy) is 2. The summed E-state index contributed by atoms with van der Waals surface area (Å²) in [4.78, 5) is 29.9. The fraction of sp³-hybridized carbons (Fsp3) is 0.400. The molecule has 1 N–H and O–H groups in total. The Balaban J connectivity index is 3.47. The highest BCUT2D eigenvalue weighted by Gasteiger charge is 2.12. The molecule has 0 aliphatic rings. The SMILES string of the molecule is CC(=O)OCOC(=O)C(=O)O. The molecule has 0 heterocycles. The third-order valence-corrected chi connectivity index (χ3v) is 0.627. The highest BCUT2D eigenvalue weighted by Crippen LogP contribution is 1.81. The molecule has 0 unspecified atom stereocenters. The third-order valence-electron chi connectivity index (χ3n) is 0.627. The number of carboxylic acids is 1. The summed E-state index contributed by atoms with van der Waals surface area (Å²) in [5, 5.41) is 7.93. The standard InChI is InChI=1S/C5H6O6/c1-3(6)10-2-11-5(9)4(7)8/h2H2,1H3,(H,7,8). The van der Waals surface area contributed by atoms with Crippen molar-refractivity contribution < 1.29 is 29.0 Å². The van der Waals surface area contributed by atoms with Gasteiger partial charge in [-0.3, -0.25) is 4.79 Å². The molecule has 0 aliphatic heterocycles. The Labute approximate surface area is 61.7 Å². The minimum Gasteiger partial charge on any atom is -0.473 e. The second kappa shape index (κ2) is 4.26. The lowest BCUT2D eigenvalue weighted by atomic mass is 10.7. The molecule has 6 heteroatoms. The van der Waals surface area contributed by atoms with Crippen molar-refractivity contribution in [3.8, 4) is 0 Å². The van der Waals surface area contributed by atoms with Crippen LogP contribution in [0.25, 0.3) is 0 Å². The van der Waals surface area contributed by atoms with Gasteiger partial charge in [-0.2, -0.15) is 0 Å². The molecule has 0 saturated heterocycles. The molecular formula is C5H6O6. The maximum absolute atomic E-state index is 10.1. The smallest absolute Gasteiger partial charge is 0.420 e. The molecule has 11 heavy (non-hydrogen) atoms. The molecule has 62 valence electrons. The molecule has 0 rings (SSSR count). The lowest BCUT2D eigenvalue weighted by Gasteiger charge is -1.99. The second-order valence-electron chi connectivity index (χ2n) is 1.49. The fourth-order valence-corrected chi connectivity index (χ4v) is 0.228. The van der Waals surface area contributed by atoms with E-state index >= 15 is 0 Å². The van der Waals surface area contributed by atoms with E-state index in [1.807, 2.05) is 0 Å². The first-order valence-electron chi connectivity index (χ1n) is 2.57. The summed E-state index contributed by atoms with van der Waals surface area (Å²) in [5.41, 5.74) is 0. The van der Waals surface area contributed by atoms with Crippen LogP contribution >= 0.6 is 0 Å². The molecule has 0 spiro atoms. The lowest BCUT2D eigenvalue weighted by molar-refractivity contribution is -0.175. The predicted octanol–water partition coefficient (Wildman–Crippen LogP) is -0.865. The highest BCUT2D eigenvalue weighted by atomic mass is 16.7. The topological polar surface area (TPSA) is 89.9 Å². The number of aliphatic carboxylic acids is 1. The summed E-state index contributed by atoms with van der Waals surface area (Å²) in [6.45, 7) is 0.440. The molecule has 0 atom stereocenters. The number of hydrogen-bond donors (Lipinski definition) is 1. The first-order valence-corrected chi connectivity index (χ1v) is 2.57.